The first-order valence-electron chi connectivity index (χ1n) is 6.94. The predicted molar refractivity (Wildman–Crippen MR) is 78.0 cm³/mol. The number of rotatable bonds is 8. The van der Waals surface area contributed by atoms with E-state index in [0.717, 1.165) is 0 Å². The number of hydrogen-bond donors (Lipinski definition) is 0. The molecule has 0 spiro atoms. The number of ether oxygens (including phenoxy) is 4. The number of methoxy groups -OCH3 is 4. The second-order valence-corrected chi connectivity index (χ2v) is 4.75. The number of hydrogen-bond acceptors (Lipinski definition) is 8. The van der Waals surface area contributed by atoms with Gasteiger partial charge in [0.05, 0.1) is 39.7 Å². The maximum absolute atomic E-state index is 12.1. The maximum atomic E-state index is 12.1. The van der Waals surface area contributed by atoms with Crippen molar-refractivity contribution >= 4 is 11.9 Å². The number of esters is 2. The van der Waals surface area contributed by atoms with Gasteiger partial charge >= 0.3 is 11.9 Å². The zero-order chi connectivity index (χ0) is 16.5. The average molecular weight is 316 g/mol. The number of carbonyl (C=O) groups is 2. The van der Waals surface area contributed by atoms with Crippen molar-refractivity contribution in [1.82, 2.24) is 9.80 Å². The van der Waals surface area contributed by atoms with Gasteiger partial charge in [-0.1, -0.05) is 0 Å². The second-order valence-electron chi connectivity index (χ2n) is 4.75. The fourth-order valence-corrected chi connectivity index (χ4v) is 2.24. The molecule has 8 nitrogen and oxygen atoms in total. The lowest BCUT2D eigenvalue weighted by Crippen LogP contribution is -2.49. The van der Waals surface area contributed by atoms with E-state index in [2.05, 4.69) is 0 Å². The highest BCUT2D eigenvalue weighted by molar-refractivity contribution is 6.00. The Morgan fingerprint density at radius 3 is 2.09 bits per heavy atom. The lowest BCUT2D eigenvalue weighted by molar-refractivity contribution is -0.142. The van der Waals surface area contributed by atoms with Crippen molar-refractivity contribution in [2.24, 2.45) is 0 Å². The Bertz CT molecular complexity index is 424. The SMILES string of the molecule is COCCN1CC(C(=O)OC)=C(C(=O)OC)N(CCOC)C1. The molecule has 0 amide bonds. The first kappa shape index (κ1) is 18.4. The van der Waals surface area contributed by atoms with Crippen molar-refractivity contribution < 1.29 is 28.5 Å². The zero-order valence-corrected chi connectivity index (χ0v) is 13.6. The topological polar surface area (TPSA) is 77.5 Å². The summed E-state index contributed by atoms with van der Waals surface area (Å²) < 4.78 is 19.7. The molecule has 0 aliphatic carbocycles. The highest BCUT2D eigenvalue weighted by Gasteiger charge is 2.33. The van der Waals surface area contributed by atoms with Crippen LogP contribution in [-0.4, -0.2) is 89.7 Å². The van der Waals surface area contributed by atoms with Crippen LogP contribution in [0, 0.1) is 0 Å². The molecular formula is C14H24N2O6. The van der Waals surface area contributed by atoms with Gasteiger partial charge in [-0.3, -0.25) is 4.90 Å². The minimum atomic E-state index is -0.553. The van der Waals surface area contributed by atoms with Crippen LogP contribution in [0.3, 0.4) is 0 Å². The van der Waals surface area contributed by atoms with Crippen molar-refractivity contribution in [2.45, 2.75) is 0 Å². The van der Waals surface area contributed by atoms with Gasteiger partial charge in [0.2, 0.25) is 0 Å². The summed E-state index contributed by atoms with van der Waals surface area (Å²) in [5, 5.41) is 0. The lowest BCUT2D eigenvalue weighted by atomic mass is 10.1. The van der Waals surface area contributed by atoms with E-state index in [0.29, 0.717) is 39.5 Å². The fourth-order valence-electron chi connectivity index (χ4n) is 2.24. The van der Waals surface area contributed by atoms with Crippen LogP contribution in [0.5, 0.6) is 0 Å². The Hall–Kier alpha value is -1.64. The van der Waals surface area contributed by atoms with Gasteiger partial charge in [-0.25, -0.2) is 9.59 Å². The zero-order valence-electron chi connectivity index (χ0n) is 13.6. The molecule has 126 valence electrons. The summed E-state index contributed by atoms with van der Waals surface area (Å²) in [4.78, 5) is 27.9. The molecule has 1 heterocycles. The van der Waals surface area contributed by atoms with Gasteiger partial charge in [0.15, 0.2) is 0 Å². The van der Waals surface area contributed by atoms with Gasteiger partial charge in [-0.2, -0.15) is 0 Å². The molecule has 0 unspecified atom stereocenters. The van der Waals surface area contributed by atoms with Gasteiger partial charge in [0, 0.05) is 33.9 Å². The largest absolute Gasteiger partial charge is 0.466 e. The van der Waals surface area contributed by atoms with E-state index in [1.807, 2.05) is 4.90 Å². The van der Waals surface area contributed by atoms with E-state index in [9.17, 15) is 9.59 Å². The van der Waals surface area contributed by atoms with Crippen LogP contribution in [-0.2, 0) is 28.5 Å². The molecule has 0 atom stereocenters. The van der Waals surface area contributed by atoms with Crippen molar-refractivity contribution in [3.63, 3.8) is 0 Å². The Labute approximate surface area is 130 Å². The third-order valence-corrected chi connectivity index (χ3v) is 3.34. The van der Waals surface area contributed by atoms with Crippen LogP contribution in [0.25, 0.3) is 0 Å². The van der Waals surface area contributed by atoms with Crippen molar-refractivity contribution in [1.29, 1.82) is 0 Å². The molecule has 0 saturated carbocycles. The Morgan fingerprint density at radius 2 is 1.55 bits per heavy atom. The molecule has 0 bridgehead atoms. The second kappa shape index (κ2) is 9.39. The van der Waals surface area contributed by atoms with E-state index >= 15 is 0 Å². The van der Waals surface area contributed by atoms with Crippen LogP contribution in [0.2, 0.25) is 0 Å². The number of nitrogens with zero attached hydrogens (tertiary/aromatic N) is 2. The fraction of sp³-hybridized carbons (Fsp3) is 0.714. The molecule has 0 aromatic heterocycles. The highest BCUT2D eigenvalue weighted by atomic mass is 16.5. The summed E-state index contributed by atoms with van der Waals surface area (Å²) in [6, 6.07) is 0. The van der Waals surface area contributed by atoms with Crippen LogP contribution in [0.4, 0.5) is 0 Å². The van der Waals surface area contributed by atoms with E-state index in [-0.39, 0.29) is 11.3 Å². The summed E-state index contributed by atoms with van der Waals surface area (Å²) in [6.45, 7) is 2.84. The van der Waals surface area contributed by atoms with Crippen molar-refractivity contribution in [2.75, 3.05) is 68.0 Å². The van der Waals surface area contributed by atoms with Crippen LogP contribution in [0.15, 0.2) is 11.3 Å². The Kier molecular flexibility index (Phi) is 7.86. The first-order chi connectivity index (χ1) is 10.6. The van der Waals surface area contributed by atoms with Crippen molar-refractivity contribution in [3.8, 4) is 0 Å². The quantitative estimate of drug-likeness (QED) is 0.552. The molecule has 0 radical (unpaired) electrons. The molecule has 8 heteroatoms. The summed E-state index contributed by atoms with van der Waals surface area (Å²) in [6.07, 6.45) is 0. The summed E-state index contributed by atoms with van der Waals surface area (Å²) in [5.74, 6) is -1.09. The van der Waals surface area contributed by atoms with Crippen LogP contribution < -0.4 is 0 Å². The molecular weight excluding hydrogens is 292 g/mol. The molecule has 0 saturated heterocycles. The van der Waals surface area contributed by atoms with Gasteiger partial charge in [0.25, 0.3) is 0 Å². The number of carbonyl (C=O) groups excluding carboxylic acids is 2. The Balaban J connectivity index is 3.10. The van der Waals surface area contributed by atoms with Crippen LogP contribution >= 0.6 is 0 Å². The molecule has 0 fully saturated rings. The third kappa shape index (κ3) is 4.69. The molecule has 0 N–H and O–H groups in total. The third-order valence-electron chi connectivity index (χ3n) is 3.34. The summed E-state index contributed by atoms with van der Waals surface area (Å²) >= 11 is 0. The minimum Gasteiger partial charge on any atom is -0.466 e. The predicted octanol–water partition coefficient (Wildman–Crippen LogP) is -0.546. The van der Waals surface area contributed by atoms with Gasteiger partial charge in [-0.15, -0.1) is 0 Å². The van der Waals surface area contributed by atoms with E-state index in [1.165, 1.54) is 14.2 Å². The lowest BCUT2D eigenvalue weighted by Gasteiger charge is -2.38. The van der Waals surface area contributed by atoms with Crippen molar-refractivity contribution in [3.05, 3.63) is 11.3 Å². The molecule has 1 aliphatic rings. The maximum Gasteiger partial charge on any atom is 0.354 e. The average Bonchev–Trinajstić information content (AvgIpc) is 2.55. The van der Waals surface area contributed by atoms with E-state index in [1.54, 1.807) is 19.1 Å². The smallest absolute Gasteiger partial charge is 0.354 e. The van der Waals surface area contributed by atoms with Gasteiger partial charge in [0.1, 0.15) is 5.70 Å². The van der Waals surface area contributed by atoms with Gasteiger partial charge < -0.3 is 23.8 Å². The van der Waals surface area contributed by atoms with E-state index in [4.69, 9.17) is 18.9 Å². The van der Waals surface area contributed by atoms with Gasteiger partial charge in [-0.05, 0) is 0 Å². The molecule has 0 aromatic carbocycles. The first-order valence-corrected chi connectivity index (χ1v) is 6.94. The summed E-state index contributed by atoms with van der Waals surface area (Å²) in [5.41, 5.74) is 0.521. The minimum absolute atomic E-state index is 0.236. The molecule has 22 heavy (non-hydrogen) atoms. The van der Waals surface area contributed by atoms with E-state index < -0.39 is 11.9 Å². The standard InChI is InChI=1S/C14H24N2O6/c1-19-7-5-15-9-11(13(17)21-3)12(14(18)22-4)16(10-15)6-8-20-2/h5-10H2,1-4H3. The normalized spacial score (nSPS) is 15.9. The Morgan fingerprint density at radius 1 is 0.955 bits per heavy atom. The molecule has 1 aliphatic heterocycles. The highest BCUT2D eigenvalue weighted by Crippen LogP contribution is 2.21. The molecule has 1 rings (SSSR count). The monoisotopic (exact) mass is 316 g/mol. The van der Waals surface area contributed by atoms with Crippen LogP contribution in [0.1, 0.15) is 0 Å². The molecule has 0 aromatic rings. The summed E-state index contributed by atoms with van der Waals surface area (Å²) in [7, 11) is 5.77.